The average Bonchev–Trinajstić information content (AvgIpc) is 2.73. The number of rotatable bonds is 4. The van der Waals surface area contributed by atoms with E-state index in [2.05, 4.69) is 84.9 Å². The average molecular weight is 338 g/mol. The fraction of sp³-hybridized carbons (Fsp3) is 0.0833. The van der Waals surface area contributed by atoms with Crippen molar-refractivity contribution in [3.63, 3.8) is 0 Å². The number of hydrogen-bond acceptors (Lipinski definition) is 2. The van der Waals surface area contributed by atoms with Gasteiger partial charge in [-0.2, -0.15) is 0 Å². The van der Waals surface area contributed by atoms with E-state index in [1.807, 2.05) is 0 Å². The zero-order valence-electron chi connectivity index (χ0n) is 14.7. The topological polar surface area (TPSA) is 52.0 Å². The lowest BCUT2D eigenvalue weighted by Gasteiger charge is -2.11. The summed E-state index contributed by atoms with van der Waals surface area (Å²) in [5.41, 5.74) is 18.7. The molecule has 4 N–H and O–H groups in total. The maximum atomic E-state index is 5.84. The highest BCUT2D eigenvalue weighted by molar-refractivity contribution is 5.97. The normalized spacial score (nSPS) is 11.0. The second kappa shape index (κ2) is 7.12. The molecular weight excluding hydrogens is 316 g/mol. The maximum Gasteiger partial charge on any atom is 0.0178 e. The smallest absolute Gasteiger partial charge is 0.0178 e. The highest BCUT2D eigenvalue weighted by Gasteiger charge is 2.06. The maximum absolute atomic E-state index is 5.84. The lowest BCUT2D eigenvalue weighted by Crippen LogP contribution is -1.96. The third-order valence-corrected chi connectivity index (χ3v) is 4.88. The van der Waals surface area contributed by atoms with Gasteiger partial charge in [-0.05, 0) is 56.3 Å². The second-order valence-electron chi connectivity index (χ2n) is 6.55. The summed E-state index contributed by atoms with van der Waals surface area (Å²) in [6.07, 6.45) is 0. The van der Waals surface area contributed by atoms with Gasteiger partial charge in [0.1, 0.15) is 0 Å². The Bertz CT molecular complexity index is 1050. The Labute approximate surface area is 154 Å². The lowest BCUT2D eigenvalue weighted by atomic mass is 9.94. The fourth-order valence-electron chi connectivity index (χ4n) is 3.40. The minimum absolute atomic E-state index is 0.553. The van der Waals surface area contributed by atoms with E-state index in [4.69, 9.17) is 11.5 Å². The minimum atomic E-state index is 0.553. The van der Waals surface area contributed by atoms with Crippen molar-refractivity contribution >= 4 is 10.8 Å². The monoisotopic (exact) mass is 338 g/mol. The quantitative estimate of drug-likeness (QED) is 0.544. The van der Waals surface area contributed by atoms with E-state index in [0.29, 0.717) is 13.1 Å². The zero-order chi connectivity index (χ0) is 17.9. The molecule has 4 aromatic rings. The molecule has 2 heteroatoms. The summed E-state index contributed by atoms with van der Waals surface area (Å²) in [5, 5.41) is 2.48. The van der Waals surface area contributed by atoms with E-state index < -0.39 is 0 Å². The molecule has 0 spiro atoms. The molecule has 0 atom stereocenters. The van der Waals surface area contributed by atoms with Crippen LogP contribution >= 0.6 is 0 Å². The van der Waals surface area contributed by atoms with Gasteiger partial charge in [0.25, 0.3) is 0 Å². The van der Waals surface area contributed by atoms with E-state index in [1.54, 1.807) is 0 Å². The molecule has 0 aromatic heterocycles. The highest BCUT2D eigenvalue weighted by Crippen LogP contribution is 2.32. The summed E-state index contributed by atoms with van der Waals surface area (Å²) in [7, 11) is 0. The predicted molar refractivity (Wildman–Crippen MR) is 111 cm³/mol. The van der Waals surface area contributed by atoms with E-state index in [0.717, 1.165) is 11.1 Å². The van der Waals surface area contributed by atoms with Crippen LogP contribution in [0.15, 0.2) is 84.9 Å². The van der Waals surface area contributed by atoms with Gasteiger partial charge in [0.05, 0.1) is 0 Å². The van der Waals surface area contributed by atoms with Crippen LogP contribution in [0.1, 0.15) is 11.1 Å². The van der Waals surface area contributed by atoms with E-state index in [9.17, 15) is 0 Å². The van der Waals surface area contributed by atoms with Crippen LogP contribution in [0.25, 0.3) is 33.0 Å². The molecule has 4 rings (SSSR count). The van der Waals surface area contributed by atoms with Crippen LogP contribution in [0.4, 0.5) is 0 Å². The largest absolute Gasteiger partial charge is 0.326 e. The van der Waals surface area contributed by atoms with Gasteiger partial charge in [0.15, 0.2) is 0 Å². The van der Waals surface area contributed by atoms with Crippen molar-refractivity contribution in [2.45, 2.75) is 13.1 Å². The van der Waals surface area contributed by atoms with Crippen molar-refractivity contribution in [2.75, 3.05) is 0 Å². The predicted octanol–water partition coefficient (Wildman–Crippen LogP) is 5.09. The molecule has 0 saturated heterocycles. The number of fused-ring (bicyclic) bond motifs is 1. The Kier molecular flexibility index (Phi) is 4.53. The lowest BCUT2D eigenvalue weighted by molar-refractivity contribution is 1.07. The van der Waals surface area contributed by atoms with Crippen molar-refractivity contribution in [2.24, 2.45) is 11.5 Å². The third kappa shape index (κ3) is 3.13. The molecule has 0 amide bonds. The van der Waals surface area contributed by atoms with Crippen molar-refractivity contribution in [1.82, 2.24) is 0 Å². The first-order valence-electron chi connectivity index (χ1n) is 8.90. The van der Waals surface area contributed by atoms with Crippen molar-refractivity contribution in [3.8, 4) is 22.3 Å². The first-order chi connectivity index (χ1) is 12.8. The molecule has 128 valence electrons. The summed E-state index contributed by atoms with van der Waals surface area (Å²) in [6.45, 7) is 1.12. The molecule has 26 heavy (non-hydrogen) atoms. The van der Waals surface area contributed by atoms with Gasteiger partial charge >= 0.3 is 0 Å². The first kappa shape index (κ1) is 16.5. The molecule has 0 fully saturated rings. The van der Waals surface area contributed by atoms with Crippen LogP contribution in [0.2, 0.25) is 0 Å². The molecule has 0 radical (unpaired) electrons. The van der Waals surface area contributed by atoms with Crippen molar-refractivity contribution in [1.29, 1.82) is 0 Å². The van der Waals surface area contributed by atoms with Crippen LogP contribution in [-0.4, -0.2) is 0 Å². The van der Waals surface area contributed by atoms with Crippen LogP contribution in [0.5, 0.6) is 0 Å². The van der Waals surface area contributed by atoms with Crippen LogP contribution in [-0.2, 0) is 13.1 Å². The standard InChI is InChI=1S/C24H22N2/c25-15-17-7-10-19(11-8-17)21-4-1-5-22(14-21)23-6-2-3-20-12-9-18(16-26)13-24(20)23/h1-14H,15-16,25-26H2. The Morgan fingerprint density at radius 3 is 2.00 bits per heavy atom. The fourth-order valence-corrected chi connectivity index (χ4v) is 3.40. The van der Waals surface area contributed by atoms with E-state index in [1.165, 1.54) is 33.0 Å². The molecule has 0 aliphatic heterocycles. The summed E-state index contributed by atoms with van der Waals surface area (Å²) in [4.78, 5) is 0. The molecule has 0 unspecified atom stereocenters. The summed E-state index contributed by atoms with van der Waals surface area (Å²) in [5.74, 6) is 0. The minimum Gasteiger partial charge on any atom is -0.326 e. The third-order valence-electron chi connectivity index (χ3n) is 4.88. The van der Waals surface area contributed by atoms with E-state index >= 15 is 0 Å². The molecule has 0 saturated carbocycles. The highest BCUT2D eigenvalue weighted by atomic mass is 14.5. The molecule has 0 aliphatic carbocycles. The van der Waals surface area contributed by atoms with Crippen LogP contribution in [0, 0.1) is 0 Å². The van der Waals surface area contributed by atoms with Gasteiger partial charge in [-0.15, -0.1) is 0 Å². The van der Waals surface area contributed by atoms with Crippen molar-refractivity contribution < 1.29 is 0 Å². The van der Waals surface area contributed by atoms with Gasteiger partial charge in [0.2, 0.25) is 0 Å². The first-order valence-corrected chi connectivity index (χ1v) is 8.90. The Morgan fingerprint density at radius 1 is 0.538 bits per heavy atom. The zero-order valence-corrected chi connectivity index (χ0v) is 14.7. The van der Waals surface area contributed by atoms with Crippen molar-refractivity contribution in [3.05, 3.63) is 96.1 Å². The summed E-state index contributed by atoms with van der Waals surface area (Å²) >= 11 is 0. The SMILES string of the molecule is NCc1ccc(-c2cccc(-c3cccc4ccc(CN)cc34)c2)cc1. The number of hydrogen-bond donors (Lipinski definition) is 2. The van der Waals surface area contributed by atoms with Gasteiger partial charge in [-0.25, -0.2) is 0 Å². The van der Waals surface area contributed by atoms with Gasteiger partial charge in [-0.1, -0.05) is 72.8 Å². The van der Waals surface area contributed by atoms with Gasteiger partial charge in [0, 0.05) is 13.1 Å². The summed E-state index contributed by atoms with van der Waals surface area (Å²) in [6, 6.07) is 30.0. The second-order valence-corrected chi connectivity index (χ2v) is 6.55. The Morgan fingerprint density at radius 2 is 1.23 bits per heavy atom. The summed E-state index contributed by atoms with van der Waals surface area (Å²) < 4.78 is 0. The van der Waals surface area contributed by atoms with Gasteiger partial charge < -0.3 is 11.5 Å². The Hall–Kier alpha value is -2.94. The van der Waals surface area contributed by atoms with Crippen LogP contribution < -0.4 is 11.5 Å². The molecular formula is C24H22N2. The van der Waals surface area contributed by atoms with Gasteiger partial charge in [-0.3, -0.25) is 0 Å². The molecule has 0 heterocycles. The van der Waals surface area contributed by atoms with Crippen LogP contribution in [0.3, 0.4) is 0 Å². The molecule has 4 aromatic carbocycles. The van der Waals surface area contributed by atoms with E-state index in [-0.39, 0.29) is 0 Å². The Balaban J connectivity index is 1.82. The number of nitrogens with two attached hydrogens (primary N) is 2. The molecule has 0 bridgehead atoms. The molecule has 0 aliphatic rings. The molecule has 2 nitrogen and oxygen atoms in total. The number of benzene rings is 4.